The molecule has 26 heavy (non-hydrogen) atoms. The van der Waals surface area contributed by atoms with E-state index in [0.717, 1.165) is 18.2 Å². The van der Waals surface area contributed by atoms with E-state index < -0.39 is 23.0 Å². The van der Waals surface area contributed by atoms with Gasteiger partial charge in [-0.3, -0.25) is 9.59 Å². The van der Waals surface area contributed by atoms with Gasteiger partial charge in [0.15, 0.2) is 0 Å². The largest absolute Gasteiger partial charge is 0.490 e. The summed E-state index contributed by atoms with van der Waals surface area (Å²) < 4.78 is 34.3. The normalized spacial score (nSPS) is 12.7. The molecule has 3 aromatic rings. The van der Waals surface area contributed by atoms with Crippen LogP contribution in [0.5, 0.6) is 5.75 Å². The van der Waals surface area contributed by atoms with Crippen molar-refractivity contribution in [3.63, 3.8) is 0 Å². The van der Waals surface area contributed by atoms with Crippen LogP contribution in [-0.4, -0.2) is 17.1 Å². The first-order chi connectivity index (χ1) is 12.5. The number of hydrogen-bond acceptors (Lipinski definition) is 3. The molecule has 1 aromatic heterocycles. The maximum absolute atomic E-state index is 13.8. The monoisotopic (exact) mass is 376 g/mol. The molecule has 4 rings (SSSR count). The molecule has 5 nitrogen and oxygen atoms in total. The summed E-state index contributed by atoms with van der Waals surface area (Å²) >= 11 is 6.16. The zero-order chi connectivity index (χ0) is 18.4. The van der Waals surface area contributed by atoms with Crippen LogP contribution in [0.25, 0.3) is 10.9 Å². The van der Waals surface area contributed by atoms with Crippen molar-refractivity contribution in [3.8, 4) is 5.75 Å². The smallest absolute Gasteiger partial charge is 0.261 e. The summed E-state index contributed by atoms with van der Waals surface area (Å²) in [6.07, 6.45) is 1.37. The van der Waals surface area contributed by atoms with Crippen LogP contribution in [0, 0.1) is 11.6 Å². The van der Waals surface area contributed by atoms with E-state index in [1.54, 1.807) is 10.6 Å². The van der Waals surface area contributed by atoms with Crippen molar-refractivity contribution in [1.29, 1.82) is 0 Å². The number of nitrogens with zero attached hydrogens (tertiary/aromatic N) is 1. The van der Waals surface area contributed by atoms with Gasteiger partial charge in [0, 0.05) is 12.3 Å². The minimum atomic E-state index is -0.849. The van der Waals surface area contributed by atoms with Crippen LogP contribution in [0.2, 0.25) is 5.02 Å². The van der Waals surface area contributed by atoms with Crippen molar-refractivity contribution >= 4 is 34.1 Å². The van der Waals surface area contributed by atoms with Crippen LogP contribution in [-0.2, 0) is 6.54 Å². The zero-order valence-corrected chi connectivity index (χ0v) is 13.9. The average molecular weight is 377 g/mol. The molecule has 2 heterocycles. The number of rotatable bonds is 2. The number of carbonyl (C=O) groups is 1. The summed E-state index contributed by atoms with van der Waals surface area (Å²) in [6.45, 7) is 0.783. The first-order valence-corrected chi connectivity index (χ1v) is 8.08. The van der Waals surface area contributed by atoms with Gasteiger partial charge in [-0.15, -0.1) is 0 Å². The Balaban J connectivity index is 1.86. The van der Waals surface area contributed by atoms with Crippen molar-refractivity contribution in [3.05, 3.63) is 69.0 Å². The summed E-state index contributed by atoms with van der Waals surface area (Å²) in [7, 11) is 0. The van der Waals surface area contributed by atoms with E-state index in [-0.39, 0.29) is 21.7 Å². The first kappa shape index (κ1) is 16.5. The lowest BCUT2D eigenvalue weighted by Crippen LogP contribution is -2.27. The SMILES string of the molecule is O=C(Nc1cc(F)ccc1F)c1cn2c3c(ccc(Cl)c3c1=O)OCC2. The number of nitrogens with one attached hydrogen (secondary N) is 1. The molecule has 0 bridgehead atoms. The minimum Gasteiger partial charge on any atom is -0.490 e. The molecule has 0 aliphatic carbocycles. The summed E-state index contributed by atoms with van der Waals surface area (Å²) in [5, 5.41) is 2.56. The fourth-order valence-electron chi connectivity index (χ4n) is 2.95. The number of halogens is 3. The molecule has 0 saturated carbocycles. The number of amides is 1. The second kappa shape index (κ2) is 6.10. The van der Waals surface area contributed by atoms with Crippen molar-refractivity contribution in [1.82, 2.24) is 4.57 Å². The summed E-state index contributed by atoms with van der Waals surface area (Å²) in [5.74, 6) is -1.87. The van der Waals surface area contributed by atoms with Crippen molar-refractivity contribution in [2.75, 3.05) is 11.9 Å². The molecule has 1 amide bonds. The fraction of sp³-hybridized carbons (Fsp3) is 0.111. The third kappa shape index (κ3) is 2.61. The van der Waals surface area contributed by atoms with Gasteiger partial charge in [-0.2, -0.15) is 0 Å². The molecular formula is C18H11ClF2N2O3. The van der Waals surface area contributed by atoms with Gasteiger partial charge in [-0.1, -0.05) is 11.6 Å². The van der Waals surface area contributed by atoms with Gasteiger partial charge in [0.25, 0.3) is 5.91 Å². The van der Waals surface area contributed by atoms with E-state index in [9.17, 15) is 18.4 Å². The van der Waals surface area contributed by atoms with E-state index in [1.807, 2.05) is 0 Å². The predicted molar refractivity (Wildman–Crippen MR) is 93.0 cm³/mol. The summed E-state index contributed by atoms with van der Waals surface area (Å²) in [5.41, 5.74) is -0.677. The predicted octanol–water partition coefficient (Wildman–Crippen LogP) is 3.58. The highest BCUT2D eigenvalue weighted by atomic mass is 35.5. The maximum Gasteiger partial charge on any atom is 0.261 e. The van der Waals surface area contributed by atoms with Crippen LogP contribution in [0.3, 0.4) is 0 Å². The lowest BCUT2D eigenvalue weighted by Gasteiger charge is -2.22. The number of hydrogen-bond donors (Lipinski definition) is 1. The number of anilines is 1. The Hall–Kier alpha value is -2.93. The maximum atomic E-state index is 13.8. The van der Waals surface area contributed by atoms with Gasteiger partial charge in [-0.05, 0) is 24.3 Å². The quantitative estimate of drug-likeness (QED) is 0.743. The van der Waals surface area contributed by atoms with Crippen LogP contribution in [0.4, 0.5) is 14.5 Å². The fourth-order valence-corrected chi connectivity index (χ4v) is 3.19. The zero-order valence-electron chi connectivity index (χ0n) is 13.2. The molecule has 0 radical (unpaired) electrons. The van der Waals surface area contributed by atoms with Crippen LogP contribution < -0.4 is 15.5 Å². The van der Waals surface area contributed by atoms with Crippen molar-refractivity contribution in [2.45, 2.75) is 6.54 Å². The summed E-state index contributed by atoms with van der Waals surface area (Å²) in [4.78, 5) is 25.3. The van der Waals surface area contributed by atoms with Crippen LogP contribution in [0.15, 0.2) is 41.3 Å². The lowest BCUT2D eigenvalue weighted by atomic mass is 10.1. The molecule has 0 atom stereocenters. The highest BCUT2D eigenvalue weighted by Gasteiger charge is 2.22. The molecule has 1 aliphatic heterocycles. The van der Waals surface area contributed by atoms with Crippen LogP contribution >= 0.6 is 11.6 Å². The van der Waals surface area contributed by atoms with Crippen LogP contribution in [0.1, 0.15) is 10.4 Å². The van der Waals surface area contributed by atoms with Gasteiger partial charge in [0.1, 0.15) is 29.6 Å². The number of benzene rings is 2. The molecule has 0 fully saturated rings. The molecule has 8 heteroatoms. The Morgan fingerprint density at radius 1 is 1.23 bits per heavy atom. The molecular weight excluding hydrogens is 366 g/mol. The van der Waals surface area contributed by atoms with E-state index in [0.29, 0.717) is 24.4 Å². The molecule has 132 valence electrons. The second-order valence-electron chi connectivity index (χ2n) is 5.76. The number of pyridine rings is 1. The average Bonchev–Trinajstić information content (AvgIpc) is 2.62. The summed E-state index contributed by atoms with van der Waals surface area (Å²) in [6, 6.07) is 5.84. The molecule has 1 aliphatic rings. The number of carbonyl (C=O) groups excluding carboxylic acids is 1. The third-order valence-electron chi connectivity index (χ3n) is 4.14. The van der Waals surface area contributed by atoms with E-state index in [1.165, 1.54) is 12.3 Å². The van der Waals surface area contributed by atoms with Gasteiger partial charge < -0.3 is 14.6 Å². The Morgan fingerprint density at radius 2 is 2.04 bits per heavy atom. The highest BCUT2D eigenvalue weighted by molar-refractivity contribution is 6.35. The van der Waals surface area contributed by atoms with Gasteiger partial charge in [0.05, 0.1) is 28.2 Å². The molecule has 0 spiro atoms. The topological polar surface area (TPSA) is 60.3 Å². The number of aromatic nitrogens is 1. The van der Waals surface area contributed by atoms with E-state index in [4.69, 9.17) is 16.3 Å². The molecule has 0 saturated heterocycles. The van der Waals surface area contributed by atoms with Crippen molar-refractivity contribution < 1.29 is 18.3 Å². The molecule has 2 aromatic carbocycles. The Kier molecular flexibility index (Phi) is 3.88. The minimum absolute atomic E-state index is 0.149. The van der Waals surface area contributed by atoms with E-state index in [2.05, 4.69) is 5.32 Å². The number of ether oxygens (including phenoxy) is 1. The Labute approximate surface area is 150 Å². The lowest BCUT2D eigenvalue weighted by molar-refractivity contribution is 0.102. The van der Waals surface area contributed by atoms with E-state index >= 15 is 0 Å². The van der Waals surface area contributed by atoms with Gasteiger partial charge in [0.2, 0.25) is 5.43 Å². The third-order valence-corrected chi connectivity index (χ3v) is 4.46. The Morgan fingerprint density at radius 3 is 2.85 bits per heavy atom. The Bertz CT molecular complexity index is 1130. The van der Waals surface area contributed by atoms with Gasteiger partial charge in [-0.25, -0.2) is 8.78 Å². The first-order valence-electron chi connectivity index (χ1n) is 7.70. The second-order valence-corrected chi connectivity index (χ2v) is 6.17. The standard InChI is InChI=1S/C18H11ClF2N2O3/c19-11-2-4-14-16-15(11)17(24)10(8-23(16)5-6-26-14)18(25)22-13-7-9(20)1-3-12(13)21/h1-4,7-8H,5-6H2,(H,22,25). The highest BCUT2D eigenvalue weighted by Crippen LogP contribution is 2.32. The van der Waals surface area contributed by atoms with Gasteiger partial charge >= 0.3 is 0 Å². The molecule has 0 unspecified atom stereocenters. The van der Waals surface area contributed by atoms with Crippen molar-refractivity contribution in [2.24, 2.45) is 0 Å². The molecule has 1 N–H and O–H groups in total.